The predicted octanol–water partition coefficient (Wildman–Crippen LogP) is 7.92. The van der Waals surface area contributed by atoms with E-state index >= 15 is 0 Å². The monoisotopic (exact) mass is 545 g/mol. The van der Waals surface area contributed by atoms with Crippen molar-refractivity contribution in [2.24, 2.45) is 0 Å². The highest BCUT2D eigenvalue weighted by atomic mass is 19.4. The van der Waals surface area contributed by atoms with E-state index in [0.717, 1.165) is 34.4 Å². The molecule has 0 aliphatic carbocycles. The molecule has 0 bridgehead atoms. The van der Waals surface area contributed by atoms with Crippen molar-refractivity contribution in [2.75, 3.05) is 11.4 Å². The van der Waals surface area contributed by atoms with Crippen LogP contribution in [0.1, 0.15) is 35.6 Å². The lowest BCUT2D eigenvalue weighted by atomic mass is 9.94. The second kappa shape index (κ2) is 11.9. The molecule has 0 fully saturated rings. The Hall–Kier alpha value is -4.26. The molecule has 4 aromatic carbocycles. The number of hydrogen-bond acceptors (Lipinski definition) is 3. The van der Waals surface area contributed by atoms with Crippen LogP contribution in [0.15, 0.2) is 91.0 Å². The number of anilines is 1. The molecule has 1 aliphatic rings. The van der Waals surface area contributed by atoms with E-state index in [2.05, 4.69) is 6.92 Å². The number of ether oxygens (including phenoxy) is 2. The zero-order valence-corrected chi connectivity index (χ0v) is 22.2. The molecule has 1 aliphatic heterocycles. The second-order valence-electron chi connectivity index (χ2n) is 9.84. The maximum Gasteiger partial charge on any atom is 0.406 e. The van der Waals surface area contributed by atoms with Gasteiger partial charge in [-0.25, -0.2) is 0 Å². The van der Waals surface area contributed by atoms with Crippen LogP contribution in [0.5, 0.6) is 11.5 Å². The smallest absolute Gasteiger partial charge is 0.406 e. The molecule has 4 nitrogen and oxygen atoms in total. The van der Waals surface area contributed by atoms with Crippen LogP contribution in [0.2, 0.25) is 0 Å². The Morgan fingerprint density at radius 2 is 1.35 bits per heavy atom. The van der Waals surface area contributed by atoms with E-state index < -0.39 is 18.6 Å². The van der Waals surface area contributed by atoms with Crippen LogP contribution in [0.3, 0.4) is 0 Å². The van der Waals surface area contributed by atoms with E-state index in [1.807, 2.05) is 78.9 Å². The average molecular weight is 546 g/mol. The van der Waals surface area contributed by atoms with Crippen LogP contribution < -0.4 is 14.4 Å². The van der Waals surface area contributed by atoms with Crippen LogP contribution in [0.25, 0.3) is 11.1 Å². The zero-order valence-electron chi connectivity index (χ0n) is 22.2. The molecule has 0 aromatic heterocycles. The van der Waals surface area contributed by atoms with Gasteiger partial charge in [0.2, 0.25) is 5.91 Å². The van der Waals surface area contributed by atoms with Crippen molar-refractivity contribution in [3.8, 4) is 22.6 Å². The molecule has 0 radical (unpaired) electrons. The minimum absolute atomic E-state index is 0.130. The number of nitrogens with zero attached hydrogens (tertiary/aromatic N) is 1. The Kier molecular flexibility index (Phi) is 8.10. The van der Waals surface area contributed by atoms with Gasteiger partial charge in [-0.05, 0) is 52.4 Å². The first-order chi connectivity index (χ1) is 19.3. The summed E-state index contributed by atoms with van der Waals surface area (Å²) < 4.78 is 52.8. The Morgan fingerprint density at radius 1 is 0.775 bits per heavy atom. The number of halogens is 3. The molecule has 0 spiro atoms. The Bertz CT molecular complexity index is 1410. The van der Waals surface area contributed by atoms with Crippen LogP contribution >= 0.6 is 0 Å². The molecule has 0 atom stereocenters. The molecule has 5 rings (SSSR count). The van der Waals surface area contributed by atoms with Crippen molar-refractivity contribution in [2.45, 2.75) is 45.6 Å². The molecule has 1 heterocycles. The first kappa shape index (κ1) is 27.3. The summed E-state index contributed by atoms with van der Waals surface area (Å²) in [7, 11) is 0. The number of amides is 1. The molecular weight excluding hydrogens is 515 g/mol. The fourth-order valence-electron chi connectivity index (χ4n) is 5.02. The van der Waals surface area contributed by atoms with E-state index in [-0.39, 0.29) is 12.1 Å². The van der Waals surface area contributed by atoms with Crippen molar-refractivity contribution in [3.63, 3.8) is 0 Å². The molecule has 4 aromatic rings. The zero-order chi connectivity index (χ0) is 28.1. The third-order valence-electron chi connectivity index (χ3n) is 6.82. The van der Waals surface area contributed by atoms with Crippen molar-refractivity contribution in [3.05, 3.63) is 113 Å². The van der Waals surface area contributed by atoms with Gasteiger partial charge < -0.3 is 14.4 Å². The third kappa shape index (κ3) is 6.30. The quantitative estimate of drug-likeness (QED) is 0.203. The molecule has 40 heavy (non-hydrogen) atoms. The summed E-state index contributed by atoms with van der Waals surface area (Å²) in [5.41, 5.74) is 5.04. The Labute approximate surface area is 232 Å². The number of rotatable bonds is 10. The normalized spacial score (nSPS) is 12.9. The molecule has 0 unspecified atom stereocenters. The number of carbonyl (C=O) groups excluding carboxylic acids is 1. The number of alkyl halides is 3. The second-order valence-corrected chi connectivity index (χ2v) is 9.84. The first-order valence-electron chi connectivity index (χ1n) is 13.3. The molecule has 7 heteroatoms. The molecule has 0 saturated heterocycles. The van der Waals surface area contributed by atoms with Crippen LogP contribution in [0.4, 0.5) is 18.9 Å². The number of fused-ring (bicyclic) bond motifs is 1. The lowest BCUT2D eigenvalue weighted by Gasteiger charge is -2.22. The lowest BCUT2D eigenvalue weighted by Crippen LogP contribution is -2.36. The predicted molar refractivity (Wildman–Crippen MR) is 150 cm³/mol. The minimum atomic E-state index is -4.51. The minimum Gasteiger partial charge on any atom is -0.488 e. The third-order valence-corrected chi connectivity index (χ3v) is 6.82. The van der Waals surface area contributed by atoms with Crippen molar-refractivity contribution in [1.29, 1.82) is 0 Å². The summed E-state index contributed by atoms with van der Waals surface area (Å²) >= 11 is 0. The van der Waals surface area contributed by atoms with Gasteiger partial charge in [0.1, 0.15) is 31.3 Å². The summed E-state index contributed by atoms with van der Waals surface area (Å²) in [4.78, 5) is 13.6. The van der Waals surface area contributed by atoms with Gasteiger partial charge in [-0.2, -0.15) is 13.2 Å². The van der Waals surface area contributed by atoms with Gasteiger partial charge in [-0.3, -0.25) is 4.79 Å². The molecule has 206 valence electrons. The SMILES string of the molecule is CCCc1cc(OCc2ccccc2)c(-c2cccc3c2CC(=O)N3CC(F)(F)F)c(OCc2ccccc2)c1. The van der Waals surface area contributed by atoms with Gasteiger partial charge in [0.05, 0.1) is 12.0 Å². The maximum atomic E-state index is 13.3. The van der Waals surface area contributed by atoms with Gasteiger partial charge in [-0.1, -0.05) is 86.1 Å². The number of aryl methyl sites for hydroxylation is 1. The van der Waals surface area contributed by atoms with Crippen LogP contribution in [-0.4, -0.2) is 18.6 Å². The van der Waals surface area contributed by atoms with Gasteiger partial charge in [0.25, 0.3) is 0 Å². The topological polar surface area (TPSA) is 38.8 Å². The van der Waals surface area contributed by atoms with E-state index in [4.69, 9.17) is 9.47 Å². The molecule has 0 N–H and O–H groups in total. The first-order valence-corrected chi connectivity index (χ1v) is 13.3. The summed E-state index contributed by atoms with van der Waals surface area (Å²) in [6, 6.07) is 28.5. The van der Waals surface area contributed by atoms with Gasteiger partial charge >= 0.3 is 6.18 Å². The van der Waals surface area contributed by atoms with Crippen LogP contribution in [0, 0.1) is 0 Å². The van der Waals surface area contributed by atoms with Crippen molar-refractivity contribution >= 4 is 11.6 Å². The highest BCUT2D eigenvalue weighted by molar-refractivity contribution is 6.04. The van der Waals surface area contributed by atoms with Crippen molar-refractivity contribution < 1.29 is 27.4 Å². The highest BCUT2D eigenvalue weighted by Gasteiger charge is 2.39. The summed E-state index contributed by atoms with van der Waals surface area (Å²) in [6.07, 6.45) is -2.93. The largest absolute Gasteiger partial charge is 0.488 e. The van der Waals surface area contributed by atoms with E-state index in [1.54, 1.807) is 12.1 Å². The average Bonchev–Trinajstić information content (AvgIpc) is 3.25. The Morgan fingerprint density at radius 3 is 1.88 bits per heavy atom. The fourth-order valence-corrected chi connectivity index (χ4v) is 5.02. The summed E-state index contributed by atoms with van der Waals surface area (Å²) in [5.74, 6) is 0.543. The number of hydrogen-bond donors (Lipinski definition) is 0. The fraction of sp³-hybridized carbons (Fsp3) is 0.242. The number of carbonyl (C=O) groups is 1. The molecular formula is C33H30F3NO3. The van der Waals surface area contributed by atoms with Crippen LogP contribution in [-0.2, 0) is 30.8 Å². The Balaban J connectivity index is 1.62. The van der Waals surface area contributed by atoms with E-state index in [0.29, 0.717) is 41.4 Å². The summed E-state index contributed by atoms with van der Waals surface area (Å²) in [5, 5.41) is 0. The number of benzene rings is 4. The van der Waals surface area contributed by atoms with Gasteiger partial charge in [0.15, 0.2) is 0 Å². The summed E-state index contributed by atoms with van der Waals surface area (Å²) in [6.45, 7) is 1.37. The highest BCUT2D eigenvalue weighted by Crippen LogP contribution is 2.46. The maximum absolute atomic E-state index is 13.3. The van der Waals surface area contributed by atoms with Crippen molar-refractivity contribution in [1.82, 2.24) is 0 Å². The van der Waals surface area contributed by atoms with E-state index in [1.165, 1.54) is 0 Å². The lowest BCUT2D eigenvalue weighted by molar-refractivity contribution is -0.131. The van der Waals surface area contributed by atoms with E-state index in [9.17, 15) is 18.0 Å². The molecule has 0 saturated carbocycles. The van der Waals surface area contributed by atoms with Gasteiger partial charge in [0, 0.05) is 5.69 Å². The van der Waals surface area contributed by atoms with Gasteiger partial charge in [-0.15, -0.1) is 0 Å². The molecule has 1 amide bonds. The standard InChI is InChI=1S/C33H30F3NO3/c1-2-10-25-17-29(39-20-23-11-5-3-6-12-23)32(30(18-25)40-21-24-13-7-4-8-14-24)26-15-9-16-28-27(26)19-31(38)37(28)22-33(34,35)36/h3-9,11-18H,2,10,19-22H2,1H3.